The SMILES string of the molecule is CC(C)N(C)C(=O)COc1ccccc1CN. The lowest BCUT2D eigenvalue weighted by atomic mass is 10.2. The van der Waals surface area contributed by atoms with E-state index in [1.807, 2.05) is 38.1 Å². The third kappa shape index (κ3) is 3.75. The van der Waals surface area contributed by atoms with Gasteiger partial charge in [-0.25, -0.2) is 0 Å². The van der Waals surface area contributed by atoms with Gasteiger partial charge in [-0.3, -0.25) is 4.79 Å². The second-order valence-corrected chi connectivity index (χ2v) is 4.20. The van der Waals surface area contributed by atoms with Gasteiger partial charge in [0.1, 0.15) is 5.75 Å². The van der Waals surface area contributed by atoms with Crippen LogP contribution in [-0.4, -0.2) is 30.5 Å². The van der Waals surface area contributed by atoms with Crippen LogP contribution in [0.2, 0.25) is 0 Å². The van der Waals surface area contributed by atoms with Crippen LogP contribution in [0.4, 0.5) is 0 Å². The van der Waals surface area contributed by atoms with E-state index in [1.165, 1.54) is 0 Å². The van der Waals surface area contributed by atoms with Crippen molar-refractivity contribution < 1.29 is 9.53 Å². The number of ether oxygens (including phenoxy) is 1. The van der Waals surface area contributed by atoms with Gasteiger partial charge in [-0.05, 0) is 19.9 Å². The van der Waals surface area contributed by atoms with E-state index in [0.717, 1.165) is 5.56 Å². The second kappa shape index (κ2) is 6.25. The minimum atomic E-state index is -0.0353. The summed E-state index contributed by atoms with van der Waals surface area (Å²) in [4.78, 5) is 13.4. The van der Waals surface area contributed by atoms with E-state index in [0.29, 0.717) is 12.3 Å². The third-order valence-corrected chi connectivity index (χ3v) is 2.71. The van der Waals surface area contributed by atoms with Crippen molar-refractivity contribution in [1.29, 1.82) is 0 Å². The molecule has 0 aliphatic rings. The molecule has 1 amide bonds. The molecule has 4 heteroatoms. The maximum absolute atomic E-state index is 11.7. The highest BCUT2D eigenvalue weighted by atomic mass is 16.5. The van der Waals surface area contributed by atoms with E-state index in [9.17, 15) is 4.79 Å². The van der Waals surface area contributed by atoms with Crippen LogP contribution < -0.4 is 10.5 Å². The number of carbonyl (C=O) groups is 1. The molecule has 0 fully saturated rings. The number of likely N-dealkylation sites (N-methyl/N-ethyl adjacent to an activating group) is 1. The molecule has 0 atom stereocenters. The fraction of sp³-hybridized carbons (Fsp3) is 0.462. The number of hydrogen-bond acceptors (Lipinski definition) is 3. The van der Waals surface area contributed by atoms with Crippen LogP contribution in [0.1, 0.15) is 19.4 Å². The second-order valence-electron chi connectivity index (χ2n) is 4.20. The Morgan fingerprint density at radius 1 is 1.41 bits per heavy atom. The summed E-state index contributed by atoms with van der Waals surface area (Å²) in [7, 11) is 1.77. The minimum Gasteiger partial charge on any atom is -0.483 e. The van der Waals surface area contributed by atoms with Gasteiger partial charge in [0.15, 0.2) is 6.61 Å². The zero-order valence-corrected chi connectivity index (χ0v) is 10.6. The highest BCUT2D eigenvalue weighted by molar-refractivity contribution is 5.77. The van der Waals surface area contributed by atoms with Crippen molar-refractivity contribution in [3.63, 3.8) is 0 Å². The standard InChI is InChI=1S/C13H20N2O2/c1-10(2)15(3)13(16)9-17-12-7-5-4-6-11(12)8-14/h4-7,10H,8-9,14H2,1-3H3. The summed E-state index contributed by atoms with van der Waals surface area (Å²) in [6.45, 7) is 4.38. The molecule has 0 bridgehead atoms. The van der Waals surface area contributed by atoms with Gasteiger partial charge in [-0.15, -0.1) is 0 Å². The molecular weight excluding hydrogens is 216 g/mol. The zero-order valence-electron chi connectivity index (χ0n) is 10.6. The Kier molecular flexibility index (Phi) is 4.97. The molecule has 0 aliphatic heterocycles. The lowest BCUT2D eigenvalue weighted by Gasteiger charge is -2.21. The molecule has 0 aliphatic carbocycles. The molecule has 1 rings (SSSR count). The van der Waals surface area contributed by atoms with E-state index < -0.39 is 0 Å². The zero-order chi connectivity index (χ0) is 12.8. The smallest absolute Gasteiger partial charge is 0.260 e. The number of para-hydroxylation sites is 1. The van der Waals surface area contributed by atoms with Gasteiger partial charge >= 0.3 is 0 Å². The van der Waals surface area contributed by atoms with E-state index >= 15 is 0 Å². The first-order valence-corrected chi connectivity index (χ1v) is 5.72. The average Bonchev–Trinajstić information content (AvgIpc) is 2.35. The maximum atomic E-state index is 11.7. The Bertz CT molecular complexity index is 377. The molecule has 0 unspecified atom stereocenters. The normalized spacial score (nSPS) is 10.4. The fourth-order valence-corrected chi connectivity index (χ4v) is 1.34. The molecule has 0 aromatic heterocycles. The summed E-state index contributed by atoms with van der Waals surface area (Å²) in [6.07, 6.45) is 0. The predicted octanol–water partition coefficient (Wildman–Crippen LogP) is 1.39. The Labute approximate surface area is 102 Å². The molecule has 17 heavy (non-hydrogen) atoms. The van der Waals surface area contributed by atoms with Gasteiger partial charge < -0.3 is 15.4 Å². The number of hydrogen-bond donors (Lipinski definition) is 1. The van der Waals surface area contributed by atoms with E-state index in [2.05, 4.69) is 0 Å². The fourth-order valence-electron chi connectivity index (χ4n) is 1.34. The average molecular weight is 236 g/mol. The van der Waals surface area contributed by atoms with Crippen LogP contribution in [0.15, 0.2) is 24.3 Å². The number of benzene rings is 1. The summed E-state index contributed by atoms with van der Waals surface area (Å²) >= 11 is 0. The quantitative estimate of drug-likeness (QED) is 0.840. The lowest BCUT2D eigenvalue weighted by Crippen LogP contribution is -2.36. The number of carbonyl (C=O) groups excluding carboxylic acids is 1. The monoisotopic (exact) mass is 236 g/mol. The Morgan fingerprint density at radius 2 is 2.06 bits per heavy atom. The lowest BCUT2D eigenvalue weighted by molar-refractivity contribution is -0.133. The molecule has 0 spiro atoms. The van der Waals surface area contributed by atoms with Crippen LogP contribution in [-0.2, 0) is 11.3 Å². The number of rotatable bonds is 5. The van der Waals surface area contributed by atoms with Crippen molar-refractivity contribution in [2.75, 3.05) is 13.7 Å². The molecule has 94 valence electrons. The molecule has 1 aromatic rings. The van der Waals surface area contributed by atoms with Gasteiger partial charge in [0.2, 0.25) is 0 Å². The van der Waals surface area contributed by atoms with Crippen molar-refractivity contribution in [2.45, 2.75) is 26.4 Å². The van der Waals surface area contributed by atoms with Gasteiger partial charge in [0, 0.05) is 25.2 Å². The summed E-state index contributed by atoms with van der Waals surface area (Å²) < 4.78 is 5.49. The van der Waals surface area contributed by atoms with Crippen molar-refractivity contribution in [3.05, 3.63) is 29.8 Å². The highest BCUT2D eigenvalue weighted by Gasteiger charge is 2.13. The van der Waals surface area contributed by atoms with Gasteiger partial charge in [0.05, 0.1) is 0 Å². The van der Waals surface area contributed by atoms with Crippen molar-refractivity contribution >= 4 is 5.91 Å². The number of nitrogens with two attached hydrogens (primary N) is 1. The first kappa shape index (κ1) is 13.5. The topological polar surface area (TPSA) is 55.6 Å². The van der Waals surface area contributed by atoms with Crippen molar-refractivity contribution in [3.8, 4) is 5.75 Å². The molecule has 1 aromatic carbocycles. The van der Waals surface area contributed by atoms with Crippen LogP contribution in [0.3, 0.4) is 0 Å². The van der Waals surface area contributed by atoms with Crippen LogP contribution in [0.5, 0.6) is 5.75 Å². The summed E-state index contributed by atoms with van der Waals surface area (Å²) in [5.41, 5.74) is 6.50. The van der Waals surface area contributed by atoms with Gasteiger partial charge in [-0.1, -0.05) is 18.2 Å². The first-order valence-electron chi connectivity index (χ1n) is 5.72. The van der Waals surface area contributed by atoms with E-state index in [1.54, 1.807) is 11.9 Å². The molecule has 0 saturated heterocycles. The largest absolute Gasteiger partial charge is 0.483 e. The Morgan fingerprint density at radius 3 is 2.65 bits per heavy atom. The van der Waals surface area contributed by atoms with E-state index in [4.69, 9.17) is 10.5 Å². The van der Waals surface area contributed by atoms with Crippen molar-refractivity contribution in [2.24, 2.45) is 5.73 Å². The molecule has 0 saturated carbocycles. The van der Waals surface area contributed by atoms with Gasteiger partial charge in [0.25, 0.3) is 5.91 Å². The van der Waals surface area contributed by atoms with Gasteiger partial charge in [-0.2, -0.15) is 0 Å². The number of amides is 1. The number of nitrogens with zero attached hydrogens (tertiary/aromatic N) is 1. The molecule has 0 heterocycles. The van der Waals surface area contributed by atoms with Crippen molar-refractivity contribution in [1.82, 2.24) is 4.90 Å². The summed E-state index contributed by atoms with van der Waals surface area (Å²) in [6, 6.07) is 7.66. The highest BCUT2D eigenvalue weighted by Crippen LogP contribution is 2.17. The Hall–Kier alpha value is -1.55. The van der Waals surface area contributed by atoms with Crippen LogP contribution in [0.25, 0.3) is 0 Å². The summed E-state index contributed by atoms with van der Waals surface area (Å²) in [5, 5.41) is 0. The van der Waals surface area contributed by atoms with Crippen LogP contribution in [0, 0.1) is 0 Å². The first-order chi connectivity index (χ1) is 8.06. The van der Waals surface area contributed by atoms with E-state index in [-0.39, 0.29) is 18.6 Å². The molecular formula is C13H20N2O2. The molecule has 0 radical (unpaired) electrons. The molecule has 2 N–H and O–H groups in total. The molecule has 4 nitrogen and oxygen atoms in total. The minimum absolute atomic E-state index is 0.0353. The maximum Gasteiger partial charge on any atom is 0.260 e. The summed E-state index contributed by atoms with van der Waals surface area (Å²) in [5.74, 6) is 0.646. The Balaban J connectivity index is 2.58. The third-order valence-electron chi connectivity index (χ3n) is 2.71. The van der Waals surface area contributed by atoms with Crippen LogP contribution >= 0.6 is 0 Å². The predicted molar refractivity (Wildman–Crippen MR) is 67.7 cm³/mol.